The maximum absolute atomic E-state index is 12.4. The van der Waals surface area contributed by atoms with Gasteiger partial charge in [0.15, 0.2) is 10.8 Å². The van der Waals surface area contributed by atoms with Crippen molar-refractivity contribution in [3.05, 3.63) is 64.4 Å². The van der Waals surface area contributed by atoms with E-state index >= 15 is 0 Å². The third-order valence-electron chi connectivity index (χ3n) is 3.60. The van der Waals surface area contributed by atoms with Crippen LogP contribution in [0.4, 0.5) is 5.69 Å². The van der Waals surface area contributed by atoms with Gasteiger partial charge in [0.05, 0.1) is 11.0 Å². The van der Waals surface area contributed by atoms with E-state index in [1.807, 2.05) is 44.2 Å². The lowest BCUT2D eigenvalue weighted by molar-refractivity contribution is 0.102. The van der Waals surface area contributed by atoms with Crippen molar-refractivity contribution < 1.29 is 4.79 Å². The molecule has 0 aliphatic heterocycles. The van der Waals surface area contributed by atoms with Crippen molar-refractivity contribution in [1.82, 2.24) is 9.97 Å². The molecule has 1 aromatic heterocycles. The SMILES string of the molecule is Cc1cccc(NC(=O)c2nc3ccccc3nc2Cl)c1C. The minimum absolute atomic E-state index is 0.0986. The molecule has 0 bridgehead atoms. The normalized spacial score (nSPS) is 10.7. The highest BCUT2D eigenvalue weighted by Crippen LogP contribution is 2.21. The maximum Gasteiger partial charge on any atom is 0.277 e. The van der Waals surface area contributed by atoms with E-state index in [1.54, 1.807) is 12.1 Å². The van der Waals surface area contributed by atoms with Gasteiger partial charge < -0.3 is 5.32 Å². The zero-order chi connectivity index (χ0) is 15.7. The zero-order valence-electron chi connectivity index (χ0n) is 12.2. The van der Waals surface area contributed by atoms with Gasteiger partial charge in [-0.3, -0.25) is 4.79 Å². The molecule has 0 atom stereocenters. The Bertz CT molecular complexity index is 877. The third kappa shape index (κ3) is 2.65. The average Bonchev–Trinajstić information content (AvgIpc) is 2.51. The van der Waals surface area contributed by atoms with Crippen molar-refractivity contribution >= 4 is 34.2 Å². The molecule has 3 aromatic rings. The Kier molecular flexibility index (Phi) is 3.77. The fourth-order valence-corrected chi connectivity index (χ4v) is 2.41. The van der Waals surface area contributed by atoms with Gasteiger partial charge in [-0.1, -0.05) is 35.9 Å². The van der Waals surface area contributed by atoms with Gasteiger partial charge in [0.2, 0.25) is 0 Å². The number of para-hydroxylation sites is 2. The molecular weight excluding hydrogens is 298 g/mol. The number of carbonyl (C=O) groups excluding carboxylic acids is 1. The van der Waals surface area contributed by atoms with Gasteiger partial charge in [-0.15, -0.1) is 0 Å². The molecule has 0 spiro atoms. The molecule has 4 nitrogen and oxygen atoms in total. The number of rotatable bonds is 2. The summed E-state index contributed by atoms with van der Waals surface area (Å²) in [5.74, 6) is -0.364. The lowest BCUT2D eigenvalue weighted by Crippen LogP contribution is -2.16. The standard InChI is InChI=1S/C17H14ClN3O/c1-10-6-5-9-12(11(10)2)21-17(22)15-16(18)20-14-8-4-3-7-13(14)19-15/h3-9H,1-2H3,(H,21,22). The molecule has 1 heterocycles. The average molecular weight is 312 g/mol. The number of fused-ring (bicyclic) bond motifs is 1. The van der Waals surface area contributed by atoms with Crippen LogP contribution in [0.25, 0.3) is 11.0 Å². The molecular formula is C17H14ClN3O. The first-order valence-corrected chi connectivity index (χ1v) is 7.24. The summed E-state index contributed by atoms with van der Waals surface area (Å²) in [6.45, 7) is 3.95. The number of nitrogens with zero attached hydrogens (tertiary/aromatic N) is 2. The Hall–Kier alpha value is -2.46. The second kappa shape index (κ2) is 5.73. The summed E-state index contributed by atoms with van der Waals surface area (Å²) in [7, 11) is 0. The number of nitrogens with one attached hydrogen (secondary N) is 1. The lowest BCUT2D eigenvalue weighted by atomic mass is 10.1. The number of halogens is 1. The third-order valence-corrected chi connectivity index (χ3v) is 3.86. The van der Waals surface area contributed by atoms with Gasteiger partial charge in [-0.2, -0.15) is 0 Å². The van der Waals surface area contributed by atoms with Crippen molar-refractivity contribution in [1.29, 1.82) is 0 Å². The quantitative estimate of drug-likeness (QED) is 0.773. The molecule has 0 fully saturated rings. The number of amides is 1. The van der Waals surface area contributed by atoms with Crippen LogP contribution in [0.3, 0.4) is 0 Å². The molecule has 0 unspecified atom stereocenters. The van der Waals surface area contributed by atoms with Crippen LogP contribution < -0.4 is 5.32 Å². The molecule has 22 heavy (non-hydrogen) atoms. The molecule has 110 valence electrons. The topological polar surface area (TPSA) is 54.9 Å². The van der Waals surface area contributed by atoms with Gasteiger partial charge in [0.1, 0.15) is 0 Å². The Balaban J connectivity index is 1.98. The predicted octanol–water partition coefficient (Wildman–Crippen LogP) is 4.15. The van der Waals surface area contributed by atoms with E-state index in [4.69, 9.17) is 11.6 Å². The van der Waals surface area contributed by atoms with E-state index < -0.39 is 0 Å². The number of benzene rings is 2. The molecule has 0 saturated carbocycles. The van der Waals surface area contributed by atoms with E-state index in [1.165, 1.54) is 0 Å². The smallest absolute Gasteiger partial charge is 0.277 e. The summed E-state index contributed by atoms with van der Waals surface area (Å²) in [5, 5.41) is 2.95. The van der Waals surface area contributed by atoms with Crippen molar-refractivity contribution in [3.63, 3.8) is 0 Å². The van der Waals surface area contributed by atoms with E-state index in [0.29, 0.717) is 11.0 Å². The largest absolute Gasteiger partial charge is 0.320 e. The molecule has 0 aliphatic rings. The molecule has 1 N–H and O–H groups in total. The second-order valence-electron chi connectivity index (χ2n) is 5.05. The summed E-state index contributed by atoms with van der Waals surface area (Å²) < 4.78 is 0. The van der Waals surface area contributed by atoms with E-state index in [2.05, 4.69) is 15.3 Å². The monoisotopic (exact) mass is 311 g/mol. The highest BCUT2D eigenvalue weighted by molar-refractivity contribution is 6.33. The first-order valence-electron chi connectivity index (χ1n) is 6.86. The summed E-state index contributed by atoms with van der Waals surface area (Å²) in [4.78, 5) is 21.0. The van der Waals surface area contributed by atoms with Crippen LogP contribution in [-0.4, -0.2) is 15.9 Å². The zero-order valence-corrected chi connectivity index (χ0v) is 13.0. The number of anilines is 1. The minimum atomic E-state index is -0.364. The van der Waals surface area contributed by atoms with E-state index in [-0.39, 0.29) is 16.8 Å². The molecule has 1 amide bonds. The van der Waals surface area contributed by atoms with Gasteiger partial charge in [-0.25, -0.2) is 9.97 Å². The van der Waals surface area contributed by atoms with Crippen LogP contribution in [0, 0.1) is 13.8 Å². The molecule has 0 saturated heterocycles. The van der Waals surface area contributed by atoms with Crippen LogP contribution in [0.15, 0.2) is 42.5 Å². The molecule has 2 aromatic carbocycles. The molecule has 0 radical (unpaired) electrons. The van der Waals surface area contributed by atoms with Crippen molar-refractivity contribution in [3.8, 4) is 0 Å². The highest BCUT2D eigenvalue weighted by Gasteiger charge is 2.16. The summed E-state index contributed by atoms with van der Waals surface area (Å²) in [6, 6.07) is 13.0. The fourth-order valence-electron chi connectivity index (χ4n) is 2.19. The molecule has 0 aliphatic carbocycles. The Labute approximate surface area is 133 Å². The predicted molar refractivity (Wildman–Crippen MR) is 88.4 cm³/mol. The van der Waals surface area contributed by atoms with Crippen LogP contribution in [-0.2, 0) is 0 Å². The van der Waals surface area contributed by atoms with Crippen molar-refractivity contribution in [2.45, 2.75) is 13.8 Å². The number of aromatic nitrogens is 2. The van der Waals surface area contributed by atoms with Crippen LogP contribution in [0.5, 0.6) is 0 Å². The summed E-state index contributed by atoms with van der Waals surface area (Å²) in [5.41, 5.74) is 4.29. The minimum Gasteiger partial charge on any atom is -0.320 e. The van der Waals surface area contributed by atoms with Crippen molar-refractivity contribution in [2.24, 2.45) is 0 Å². The number of carbonyl (C=O) groups is 1. The number of aryl methyl sites for hydroxylation is 1. The number of hydrogen-bond acceptors (Lipinski definition) is 3. The van der Waals surface area contributed by atoms with E-state index in [0.717, 1.165) is 16.8 Å². The van der Waals surface area contributed by atoms with E-state index in [9.17, 15) is 4.79 Å². The maximum atomic E-state index is 12.4. The second-order valence-corrected chi connectivity index (χ2v) is 5.41. The van der Waals surface area contributed by atoms with Crippen LogP contribution >= 0.6 is 11.6 Å². The van der Waals surface area contributed by atoms with Gasteiger partial charge in [-0.05, 0) is 43.2 Å². The first-order chi connectivity index (χ1) is 10.6. The lowest BCUT2D eigenvalue weighted by Gasteiger charge is -2.10. The van der Waals surface area contributed by atoms with Gasteiger partial charge in [0, 0.05) is 5.69 Å². The Morgan fingerprint density at radius 2 is 1.68 bits per heavy atom. The molecule has 3 rings (SSSR count). The Morgan fingerprint density at radius 3 is 2.41 bits per heavy atom. The summed E-state index contributed by atoms with van der Waals surface area (Å²) >= 11 is 6.10. The number of hydrogen-bond donors (Lipinski definition) is 1. The first kappa shape index (κ1) is 14.5. The fraction of sp³-hybridized carbons (Fsp3) is 0.118. The van der Waals surface area contributed by atoms with Crippen LogP contribution in [0.1, 0.15) is 21.6 Å². The Morgan fingerprint density at radius 1 is 1.00 bits per heavy atom. The van der Waals surface area contributed by atoms with Crippen LogP contribution in [0.2, 0.25) is 5.15 Å². The van der Waals surface area contributed by atoms with Gasteiger partial charge >= 0.3 is 0 Å². The van der Waals surface area contributed by atoms with Crippen molar-refractivity contribution in [2.75, 3.05) is 5.32 Å². The van der Waals surface area contributed by atoms with Gasteiger partial charge in [0.25, 0.3) is 5.91 Å². The molecule has 5 heteroatoms. The summed E-state index contributed by atoms with van der Waals surface area (Å²) in [6.07, 6.45) is 0. The highest BCUT2D eigenvalue weighted by atomic mass is 35.5.